The van der Waals surface area contributed by atoms with Crippen molar-refractivity contribution in [1.82, 2.24) is 9.88 Å². The predicted molar refractivity (Wildman–Crippen MR) is 70.1 cm³/mol. The van der Waals surface area contributed by atoms with Crippen molar-refractivity contribution >= 4 is 23.2 Å². The third-order valence-corrected chi connectivity index (χ3v) is 3.01. The van der Waals surface area contributed by atoms with Crippen LogP contribution in [0.4, 0.5) is 0 Å². The SMILES string of the molecule is CCCCCN(C)Cc1ccc(Cl)nc1Cl. The van der Waals surface area contributed by atoms with E-state index in [1.807, 2.05) is 6.07 Å². The van der Waals surface area contributed by atoms with Crippen LogP contribution in [0.5, 0.6) is 0 Å². The lowest BCUT2D eigenvalue weighted by Crippen LogP contribution is -2.19. The van der Waals surface area contributed by atoms with Gasteiger partial charge >= 0.3 is 0 Å². The third-order valence-electron chi connectivity index (χ3n) is 2.48. The summed E-state index contributed by atoms with van der Waals surface area (Å²) in [6, 6.07) is 3.72. The van der Waals surface area contributed by atoms with Gasteiger partial charge in [0.25, 0.3) is 0 Å². The van der Waals surface area contributed by atoms with E-state index in [1.165, 1.54) is 19.3 Å². The highest BCUT2D eigenvalue weighted by Crippen LogP contribution is 2.18. The Bertz CT molecular complexity index is 329. The van der Waals surface area contributed by atoms with Crippen LogP contribution in [0.2, 0.25) is 10.3 Å². The fraction of sp³-hybridized carbons (Fsp3) is 0.583. The number of hydrogen-bond acceptors (Lipinski definition) is 2. The zero-order valence-electron chi connectivity index (χ0n) is 9.84. The van der Waals surface area contributed by atoms with Gasteiger partial charge in [0.05, 0.1) is 0 Å². The summed E-state index contributed by atoms with van der Waals surface area (Å²) in [5, 5.41) is 0.956. The van der Waals surface area contributed by atoms with E-state index in [0.717, 1.165) is 18.7 Å². The molecule has 0 saturated heterocycles. The first-order valence-electron chi connectivity index (χ1n) is 5.63. The smallest absolute Gasteiger partial charge is 0.135 e. The predicted octanol–water partition coefficient (Wildman–Crippen LogP) is 4.01. The lowest BCUT2D eigenvalue weighted by molar-refractivity contribution is 0.318. The van der Waals surface area contributed by atoms with Crippen LogP contribution in [0.15, 0.2) is 12.1 Å². The Hall–Kier alpha value is -0.310. The van der Waals surface area contributed by atoms with Crippen molar-refractivity contribution in [2.24, 2.45) is 0 Å². The van der Waals surface area contributed by atoms with Gasteiger partial charge in [-0.1, -0.05) is 49.0 Å². The lowest BCUT2D eigenvalue weighted by atomic mass is 10.2. The summed E-state index contributed by atoms with van der Waals surface area (Å²) in [7, 11) is 2.10. The van der Waals surface area contributed by atoms with E-state index >= 15 is 0 Å². The van der Waals surface area contributed by atoms with E-state index in [0.29, 0.717) is 10.3 Å². The Morgan fingerprint density at radius 2 is 2.00 bits per heavy atom. The Morgan fingerprint density at radius 3 is 2.62 bits per heavy atom. The van der Waals surface area contributed by atoms with Crippen molar-refractivity contribution < 1.29 is 0 Å². The highest BCUT2D eigenvalue weighted by Gasteiger charge is 2.05. The van der Waals surface area contributed by atoms with Crippen LogP contribution in [0, 0.1) is 0 Å². The molecule has 90 valence electrons. The van der Waals surface area contributed by atoms with Crippen LogP contribution in [0.3, 0.4) is 0 Å². The van der Waals surface area contributed by atoms with Gasteiger partial charge in [0, 0.05) is 12.1 Å². The van der Waals surface area contributed by atoms with Crippen LogP contribution < -0.4 is 0 Å². The van der Waals surface area contributed by atoms with Crippen LogP contribution in [0.1, 0.15) is 31.7 Å². The molecule has 0 amide bonds. The number of aromatic nitrogens is 1. The molecule has 0 unspecified atom stereocenters. The van der Waals surface area contributed by atoms with Crippen molar-refractivity contribution in [3.63, 3.8) is 0 Å². The molecule has 0 radical (unpaired) electrons. The molecule has 1 rings (SSSR count). The summed E-state index contributed by atoms with van der Waals surface area (Å²) in [5.41, 5.74) is 1.03. The Labute approximate surface area is 108 Å². The van der Waals surface area contributed by atoms with E-state index < -0.39 is 0 Å². The molecule has 0 aliphatic carbocycles. The highest BCUT2D eigenvalue weighted by atomic mass is 35.5. The first kappa shape index (κ1) is 13.8. The second kappa shape index (κ2) is 7.10. The minimum absolute atomic E-state index is 0.447. The summed E-state index contributed by atoms with van der Waals surface area (Å²) in [6.45, 7) is 4.12. The molecule has 0 aromatic carbocycles. The normalized spacial score (nSPS) is 11.1. The van der Waals surface area contributed by atoms with Crippen LogP contribution in [0.25, 0.3) is 0 Å². The molecule has 0 atom stereocenters. The minimum Gasteiger partial charge on any atom is -0.302 e. The van der Waals surface area contributed by atoms with Gasteiger partial charge in [-0.3, -0.25) is 0 Å². The van der Waals surface area contributed by atoms with E-state index in [-0.39, 0.29) is 0 Å². The van der Waals surface area contributed by atoms with Crippen molar-refractivity contribution in [3.05, 3.63) is 28.0 Å². The van der Waals surface area contributed by atoms with Gasteiger partial charge in [0.1, 0.15) is 10.3 Å². The van der Waals surface area contributed by atoms with Gasteiger partial charge in [-0.2, -0.15) is 0 Å². The number of rotatable bonds is 6. The molecule has 1 aromatic heterocycles. The molecule has 0 saturated carbocycles. The summed E-state index contributed by atoms with van der Waals surface area (Å²) in [6.07, 6.45) is 3.75. The largest absolute Gasteiger partial charge is 0.302 e. The molecule has 0 fully saturated rings. The number of hydrogen-bond donors (Lipinski definition) is 0. The highest BCUT2D eigenvalue weighted by molar-refractivity contribution is 6.32. The Kier molecular flexibility index (Phi) is 6.10. The first-order chi connectivity index (χ1) is 7.63. The van der Waals surface area contributed by atoms with Gasteiger partial charge < -0.3 is 4.90 Å². The minimum atomic E-state index is 0.447. The maximum atomic E-state index is 6.01. The topological polar surface area (TPSA) is 16.1 Å². The van der Waals surface area contributed by atoms with Crippen LogP contribution in [-0.2, 0) is 6.54 Å². The molecule has 4 heteroatoms. The number of nitrogens with zero attached hydrogens (tertiary/aromatic N) is 2. The Balaban J connectivity index is 2.46. The Morgan fingerprint density at radius 1 is 1.25 bits per heavy atom. The average molecular weight is 261 g/mol. The van der Waals surface area contributed by atoms with Gasteiger partial charge in [0.15, 0.2) is 0 Å². The second-order valence-corrected chi connectivity index (χ2v) is 4.77. The molecule has 0 spiro atoms. The van der Waals surface area contributed by atoms with Crippen LogP contribution in [-0.4, -0.2) is 23.5 Å². The van der Waals surface area contributed by atoms with E-state index in [9.17, 15) is 0 Å². The van der Waals surface area contributed by atoms with Gasteiger partial charge in [-0.25, -0.2) is 4.98 Å². The summed E-state index contributed by atoms with van der Waals surface area (Å²) < 4.78 is 0. The molecule has 0 aliphatic heterocycles. The van der Waals surface area contributed by atoms with Gasteiger partial charge in [-0.15, -0.1) is 0 Å². The molecule has 16 heavy (non-hydrogen) atoms. The summed E-state index contributed by atoms with van der Waals surface area (Å²) >= 11 is 11.8. The van der Waals surface area contributed by atoms with E-state index in [1.54, 1.807) is 6.07 Å². The number of pyridine rings is 1. The number of halogens is 2. The zero-order valence-corrected chi connectivity index (χ0v) is 11.4. The monoisotopic (exact) mass is 260 g/mol. The van der Waals surface area contributed by atoms with Crippen LogP contribution >= 0.6 is 23.2 Å². The molecule has 1 aromatic rings. The standard InChI is InChI=1S/C12H18Cl2N2/c1-3-4-5-8-16(2)9-10-6-7-11(13)15-12(10)14/h6-7H,3-5,8-9H2,1-2H3. The fourth-order valence-electron chi connectivity index (χ4n) is 1.56. The van der Waals surface area contributed by atoms with Crippen molar-refractivity contribution in [3.8, 4) is 0 Å². The maximum Gasteiger partial charge on any atom is 0.135 e. The molecular weight excluding hydrogens is 243 g/mol. The summed E-state index contributed by atoms with van der Waals surface area (Å²) in [4.78, 5) is 6.28. The van der Waals surface area contributed by atoms with Crippen molar-refractivity contribution in [1.29, 1.82) is 0 Å². The van der Waals surface area contributed by atoms with E-state index in [2.05, 4.69) is 23.9 Å². The second-order valence-electron chi connectivity index (χ2n) is 4.03. The lowest BCUT2D eigenvalue weighted by Gasteiger charge is -2.16. The average Bonchev–Trinajstić information content (AvgIpc) is 2.23. The van der Waals surface area contributed by atoms with Crippen molar-refractivity contribution in [2.75, 3.05) is 13.6 Å². The third kappa shape index (κ3) is 4.69. The van der Waals surface area contributed by atoms with Gasteiger partial charge in [0.2, 0.25) is 0 Å². The molecular formula is C12H18Cl2N2. The fourth-order valence-corrected chi connectivity index (χ4v) is 1.97. The molecule has 0 aliphatic rings. The van der Waals surface area contributed by atoms with Crippen molar-refractivity contribution in [2.45, 2.75) is 32.7 Å². The maximum absolute atomic E-state index is 6.01. The van der Waals surface area contributed by atoms with Gasteiger partial charge in [-0.05, 0) is 26.1 Å². The number of unbranched alkanes of at least 4 members (excludes halogenated alkanes) is 2. The zero-order chi connectivity index (χ0) is 12.0. The molecule has 1 heterocycles. The van der Waals surface area contributed by atoms with E-state index in [4.69, 9.17) is 23.2 Å². The quantitative estimate of drug-likeness (QED) is 0.568. The summed E-state index contributed by atoms with van der Waals surface area (Å²) in [5.74, 6) is 0. The molecule has 0 N–H and O–H groups in total. The molecule has 0 bridgehead atoms. The first-order valence-corrected chi connectivity index (χ1v) is 6.38. The molecule has 2 nitrogen and oxygen atoms in total.